The van der Waals surface area contributed by atoms with Crippen LogP contribution in [-0.2, 0) is 10.0 Å². The molecule has 0 spiro atoms. The number of piperazine rings is 1. The van der Waals surface area contributed by atoms with Crippen molar-refractivity contribution in [3.63, 3.8) is 0 Å². The van der Waals surface area contributed by atoms with E-state index >= 15 is 0 Å². The van der Waals surface area contributed by atoms with Crippen molar-refractivity contribution < 1.29 is 18.1 Å². The van der Waals surface area contributed by atoms with Gasteiger partial charge in [-0.1, -0.05) is 13.8 Å². The summed E-state index contributed by atoms with van der Waals surface area (Å²) >= 11 is 0. The number of nitrogens with zero attached hydrogens (tertiary/aromatic N) is 6. The molecule has 0 atom stereocenters. The van der Waals surface area contributed by atoms with Gasteiger partial charge in [-0.2, -0.15) is 9.40 Å². The first-order valence-electron chi connectivity index (χ1n) is 12.5. The van der Waals surface area contributed by atoms with Gasteiger partial charge in [-0.05, 0) is 56.3 Å². The van der Waals surface area contributed by atoms with Gasteiger partial charge in [0.05, 0.1) is 21.2 Å². The highest BCUT2D eigenvalue weighted by Crippen LogP contribution is 2.32. The Morgan fingerprint density at radius 3 is 2.16 bits per heavy atom. The lowest BCUT2D eigenvalue weighted by Crippen LogP contribution is -2.49. The van der Waals surface area contributed by atoms with Gasteiger partial charge in [-0.15, -0.1) is 0 Å². The Kier molecular flexibility index (Phi) is 7.83. The first kappa shape index (κ1) is 27.3. The smallest absolute Gasteiger partial charge is 0.293 e. The Balaban J connectivity index is 1.47. The Morgan fingerprint density at radius 2 is 1.63 bits per heavy atom. The van der Waals surface area contributed by atoms with Crippen LogP contribution in [-0.4, -0.2) is 77.5 Å². The monoisotopic (exact) mass is 540 g/mol. The van der Waals surface area contributed by atoms with Crippen molar-refractivity contribution in [3.8, 4) is 5.69 Å². The summed E-state index contributed by atoms with van der Waals surface area (Å²) in [6.07, 6.45) is 0. The summed E-state index contributed by atoms with van der Waals surface area (Å²) in [5, 5.41) is 16.3. The average Bonchev–Trinajstić information content (AvgIpc) is 3.26. The molecule has 1 aliphatic heterocycles. The minimum Gasteiger partial charge on any atom is -0.362 e. The van der Waals surface area contributed by atoms with Gasteiger partial charge in [-0.25, -0.2) is 13.1 Å². The number of hydrogen-bond donors (Lipinski definition) is 0. The number of nitro benzene ring substituents is 1. The molecule has 1 aliphatic rings. The first-order chi connectivity index (χ1) is 18.1. The molecule has 0 saturated carbocycles. The number of carbonyl (C=O) groups excluding carboxylic acids is 1. The van der Waals surface area contributed by atoms with Gasteiger partial charge in [-0.3, -0.25) is 14.9 Å². The van der Waals surface area contributed by atoms with Crippen molar-refractivity contribution in [1.82, 2.24) is 19.0 Å². The van der Waals surface area contributed by atoms with Crippen molar-refractivity contribution in [3.05, 3.63) is 75.6 Å². The highest BCUT2D eigenvalue weighted by Gasteiger charge is 2.30. The van der Waals surface area contributed by atoms with Gasteiger partial charge in [0.25, 0.3) is 11.6 Å². The zero-order valence-corrected chi connectivity index (χ0v) is 22.8. The van der Waals surface area contributed by atoms with Gasteiger partial charge in [0.15, 0.2) is 0 Å². The quantitative estimate of drug-likeness (QED) is 0.317. The van der Waals surface area contributed by atoms with E-state index in [1.807, 2.05) is 41.6 Å². The summed E-state index contributed by atoms with van der Waals surface area (Å²) in [5.74, 6) is -0.111. The van der Waals surface area contributed by atoms with Crippen LogP contribution >= 0.6 is 0 Å². The number of amides is 1. The van der Waals surface area contributed by atoms with E-state index in [-0.39, 0.29) is 29.6 Å². The van der Waals surface area contributed by atoms with Gasteiger partial charge < -0.3 is 9.80 Å². The minimum absolute atomic E-state index is 0.102. The van der Waals surface area contributed by atoms with E-state index in [0.717, 1.165) is 23.1 Å². The van der Waals surface area contributed by atoms with Crippen LogP contribution in [0.4, 0.5) is 11.4 Å². The summed E-state index contributed by atoms with van der Waals surface area (Å²) < 4.78 is 28.8. The predicted molar refractivity (Wildman–Crippen MR) is 144 cm³/mol. The SMILES string of the molecule is CCN(CC)S(=O)(=O)c1ccc(N2CCN(C(=O)c3ccc(-n4nc(C)cc4C)cc3)CC2)c([N+](=O)[O-])c1. The van der Waals surface area contributed by atoms with Crippen LogP contribution in [0.15, 0.2) is 53.4 Å². The summed E-state index contributed by atoms with van der Waals surface area (Å²) in [4.78, 5) is 27.9. The maximum Gasteiger partial charge on any atom is 0.293 e. The molecule has 0 unspecified atom stereocenters. The second-order valence-electron chi connectivity index (χ2n) is 9.16. The highest BCUT2D eigenvalue weighted by molar-refractivity contribution is 7.89. The van der Waals surface area contributed by atoms with Crippen molar-refractivity contribution in [2.45, 2.75) is 32.6 Å². The van der Waals surface area contributed by atoms with E-state index in [0.29, 0.717) is 37.4 Å². The molecule has 0 aliphatic carbocycles. The molecule has 202 valence electrons. The first-order valence-corrected chi connectivity index (χ1v) is 14.0. The standard InChI is InChI=1S/C26H32N6O5S/c1-5-30(6-2)38(36,37)23-11-12-24(25(18-23)32(34)35)28-13-15-29(16-14-28)26(33)21-7-9-22(10-8-21)31-20(4)17-19(3)27-31/h7-12,17-18H,5-6,13-16H2,1-4H3. The molecule has 1 amide bonds. The maximum atomic E-state index is 13.1. The Labute approximate surface area is 222 Å². The lowest BCUT2D eigenvalue weighted by Gasteiger charge is -2.36. The number of rotatable bonds is 8. The number of sulfonamides is 1. The number of anilines is 1. The molecule has 38 heavy (non-hydrogen) atoms. The normalized spacial score (nSPS) is 14.2. The third kappa shape index (κ3) is 5.27. The fraction of sp³-hybridized carbons (Fsp3) is 0.385. The number of hydrogen-bond acceptors (Lipinski definition) is 7. The molecule has 1 aromatic heterocycles. The van der Waals surface area contributed by atoms with E-state index in [2.05, 4.69) is 5.10 Å². The average molecular weight is 541 g/mol. The van der Waals surface area contributed by atoms with Crippen LogP contribution in [0.2, 0.25) is 0 Å². The molecule has 2 aromatic carbocycles. The van der Waals surface area contributed by atoms with Crippen LogP contribution in [0.3, 0.4) is 0 Å². The van der Waals surface area contributed by atoms with Gasteiger partial charge in [0, 0.05) is 56.6 Å². The van der Waals surface area contributed by atoms with Crippen molar-refractivity contribution in [2.24, 2.45) is 0 Å². The second-order valence-corrected chi connectivity index (χ2v) is 11.1. The van der Waals surface area contributed by atoms with Gasteiger partial charge in [0.1, 0.15) is 5.69 Å². The van der Waals surface area contributed by atoms with Crippen LogP contribution in [0.5, 0.6) is 0 Å². The molecule has 0 N–H and O–H groups in total. The lowest BCUT2D eigenvalue weighted by atomic mass is 10.1. The number of nitro groups is 1. The maximum absolute atomic E-state index is 13.1. The van der Waals surface area contributed by atoms with Gasteiger partial charge in [0.2, 0.25) is 10.0 Å². The zero-order valence-electron chi connectivity index (χ0n) is 22.0. The van der Waals surface area contributed by atoms with E-state index < -0.39 is 14.9 Å². The van der Waals surface area contributed by atoms with Crippen molar-refractivity contribution in [1.29, 1.82) is 0 Å². The fourth-order valence-corrected chi connectivity index (χ4v) is 6.24. The lowest BCUT2D eigenvalue weighted by molar-refractivity contribution is -0.384. The van der Waals surface area contributed by atoms with Crippen LogP contribution in [0.25, 0.3) is 5.69 Å². The van der Waals surface area contributed by atoms with Crippen molar-refractivity contribution in [2.75, 3.05) is 44.2 Å². The topological polar surface area (TPSA) is 122 Å². The molecule has 1 saturated heterocycles. The summed E-state index contributed by atoms with van der Waals surface area (Å²) in [6.45, 7) is 9.44. The van der Waals surface area contributed by atoms with Gasteiger partial charge >= 0.3 is 0 Å². The molecule has 1 fully saturated rings. The highest BCUT2D eigenvalue weighted by atomic mass is 32.2. The molecule has 0 bridgehead atoms. The number of aromatic nitrogens is 2. The summed E-state index contributed by atoms with van der Waals surface area (Å²) in [5.41, 5.74) is 3.43. The van der Waals surface area contributed by atoms with Crippen LogP contribution in [0.1, 0.15) is 35.6 Å². The molecule has 3 aromatic rings. The number of benzene rings is 2. The second kappa shape index (κ2) is 10.9. The number of aryl methyl sites for hydroxylation is 2. The molecular weight excluding hydrogens is 508 g/mol. The molecule has 12 heteroatoms. The number of carbonyl (C=O) groups is 1. The Hall–Kier alpha value is -3.77. The van der Waals surface area contributed by atoms with E-state index in [1.54, 1.807) is 30.9 Å². The fourth-order valence-electron chi connectivity index (χ4n) is 4.76. The molecule has 4 rings (SSSR count). The minimum atomic E-state index is -3.83. The summed E-state index contributed by atoms with van der Waals surface area (Å²) in [6, 6.07) is 13.3. The summed E-state index contributed by atoms with van der Waals surface area (Å²) in [7, 11) is -3.83. The third-order valence-electron chi connectivity index (χ3n) is 6.76. The van der Waals surface area contributed by atoms with E-state index in [1.165, 1.54) is 16.4 Å². The molecule has 2 heterocycles. The van der Waals surface area contributed by atoms with Crippen molar-refractivity contribution >= 4 is 27.3 Å². The van der Waals surface area contributed by atoms with E-state index in [4.69, 9.17) is 0 Å². The molecule has 11 nitrogen and oxygen atoms in total. The van der Waals surface area contributed by atoms with Crippen LogP contribution < -0.4 is 4.90 Å². The predicted octanol–water partition coefficient (Wildman–Crippen LogP) is 3.39. The zero-order chi connectivity index (χ0) is 27.6. The third-order valence-corrected chi connectivity index (χ3v) is 8.81. The molecule has 0 radical (unpaired) electrons. The Morgan fingerprint density at radius 1 is 1.00 bits per heavy atom. The van der Waals surface area contributed by atoms with Crippen LogP contribution in [0, 0.1) is 24.0 Å². The molecular formula is C26H32N6O5S. The van der Waals surface area contributed by atoms with E-state index in [9.17, 15) is 23.3 Å². The largest absolute Gasteiger partial charge is 0.362 e. The Bertz CT molecular complexity index is 1440.